The summed E-state index contributed by atoms with van der Waals surface area (Å²) in [7, 11) is 1.30. The summed E-state index contributed by atoms with van der Waals surface area (Å²) in [4.78, 5) is 56.6. The second-order valence-electron chi connectivity index (χ2n) is 19.4. The fourth-order valence-electron chi connectivity index (χ4n) is 10.1. The summed E-state index contributed by atoms with van der Waals surface area (Å²) in [5.41, 5.74) is 10.7. The Labute approximate surface area is 404 Å². The molecule has 0 N–H and O–H groups in total. The fourth-order valence-corrected chi connectivity index (χ4v) is 10.1. The van der Waals surface area contributed by atoms with Gasteiger partial charge in [0.2, 0.25) is 0 Å². The normalized spacial score (nSPS) is 21.7. The number of allylic oxidation sites excluding steroid dienone is 3. The van der Waals surface area contributed by atoms with Gasteiger partial charge in [-0.2, -0.15) is 11.4 Å². The van der Waals surface area contributed by atoms with E-state index in [0.717, 1.165) is 81.1 Å². The van der Waals surface area contributed by atoms with Gasteiger partial charge >= 0.3 is 35.0 Å². The van der Waals surface area contributed by atoms with Crippen molar-refractivity contribution in [3.05, 3.63) is 102 Å². The monoisotopic (exact) mass is 893 g/mol. The number of fused-ring (bicyclic) bond motifs is 7. The van der Waals surface area contributed by atoms with Gasteiger partial charge in [0.15, 0.2) is 5.78 Å². The number of carbonyl (C=O) groups is 3. The molecular weight excluding hydrogens is 821 g/mol. The number of rotatable bonds is 20. The summed E-state index contributed by atoms with van der Waals surface area (Å²) < 4.78 is 11.0. The van der Waals surface area contributed by atoms with E-state index < -0.39 is 11.9 Å². The molecule has 65 heavy (non-hydrogen) atoms. The van der Waals surface area contributed by atoms with Gasteiger partial charge in [0.1, 0.15) is 12.5 Å². The minimum absolute atomic E-state index is 0. The Kier molecular flexibility index (Phi) is 18.3. The van der Waals surface area contributed by atoms with Crippen molar-refractivity contribution in [3.63, 3.8) is 0 Å². The zero-order valence-electron chi connectivity index (χ0n) is 41.3. The van der Waals surface area contributed by atoms with Crippen molar-refractivity contribution in [2.24, 2.45) is 35.5 Å². The third kappa shape index (κ3) is 11.6. The van der Waals surface area contributed by atoms with Crippen LogP contribution in [0.5, 0.6) is 0 Å². The summed E-state index contributed by atoms with van der Waals surface area (Å²) in [5.74, 6) is -0.711. The van der Waals surface area contributed by atoms with Gasteiger partial charge in [0, 0.05) is 12.0 Å². The molecule has 3 aromatic heterocycles. The molecule has 0 aromatic carbocycles. The van der Waals surface area contributed by atoms with Crippen molar-refractivity contribution in [2.45, 2.75) is 146 Å². The standard InChI is InChI=1S/C55H73N4O5.Mg/c1-13-39-35(8)42-28-44-37(10)41(24-25-48(60)64-27-26-34(7)23-17-22-33(6)21-16-20-32(5)19-15-18-31(3)4)52(58-44)50-51(55(62)63-12)54(61)49-38(11)45(59-53(49)50)30-47-40(14-2)36(9)43(57-47)29-46(39)56-42;/h13,26,28-33,37,41,51H,1,14-25,27H2,2-12H3,(H-,58,59,61);/q-3;+2/p-1/b34-26+,43-29-,44-28-,47-30+;/t32-,33-,37+,41+,51+;/m1./s1. The van der Waals surface area contributed by atoms with Gasteiger partial charge in [0.25, 0.3) is 0 Å². The molecule has 8 bridgehead atoms. The number of aromatic nitrogens is 3. The van der Waals surface area contributed by atoms with E-state index >= 15 is 0 Å². The summed E-state index contributed by atoms with van der Waals surface area (Å²) in [6, 6.07) is 0. The van der Waals surface area contributed by atoms with Crippen LogP contribution in [-0.2, 0) is 25.5 Å². The molecule has 1 aliphatic carbocycles. The van der Waals surface area contributed by atoms with Crippen LogP contribution >= 0.6 is 0 Å². The SMILES string of the molecule is C=Cc1c2[n-]c(c1C)/C=C1\[N-]/C(=C3\c4[n-]c(c(C)c4C(=O)[C@H]3C(=O)OC)/C=c3/[n-]/c(c(C)c3CC)=C\2)[C@@H](CCC(=O)OC/C=C(\C)CCC[C@H](C)CCC[C@H](C)CCCC(C)C)[C@@H]1C.[Mg+2]. The van der Waals surface area contributed by atoms with E-state index in [1.165, 1.54) is 57.6 Å². The second-order valence-corrected chi connectivity index (χ2v) is 19.4. The van der Waals surface area contributed by atoms with Crippen LogP contribution in [0.15, 0.2) is 29.6 Å². The molecule has 1 fully saturated rings. The molecule has 6 rings (SSSR count). The number of Topliss-reactive ketones (excluding diaryl/α,β-unsaturated/α-hetero) is 1. The van der Waals surface area contributed by atoms with Gasteiger partial charge in [0.05, 0.1) is 7.11 Å². The molecule has 3 aliphatic rings. The van der Waals surface area contributed by atoms with Crippen LogP contribution in [0.3, 0.4) is 0 Å². The quantitative estimate of drug-likeness (QED) is 0.0475. The summed E-state index contributed by atoms with van der Waals surface area (Å²) in [6.07, 6.45) is 22.4. The number of hydrogen-bond acceptors (Lipinski definition) is 5. The minimum atomic E-state index is -1.22. The minimum Gasteiger partial charge on any atom is -0.664 e. The van der Waals surface area contributed by atoms with Crippen LogP contribution in [0, 0.1) is 56.3 Å². The van der Waals surface area contributed by atoms with Crippen LogP contribution in [-0.4, -0.2) is 54.5 Å². The molecule has 3 aromatic rings. The Balaban J connectivity index is 0.00000793. The first-order valence-electron chi connectivity index (χ1n) is 24.0. The van der Waals surface area contributed by atoms with Crippen molar-refractivity contribution in [1.82, 2.24) is 15.0 Å². The van der Waals surface area contributed by atoms with Crippen molar-refractivity contribution < 1.29 is 23.9 Å². The maximum atomic E-state index is 14.4. The average Bonchev–Trinajstić information content (AvgIpc) is 3.99. The molecule has 5 atom stereocenters. The largest absolute Gasteiger partial charge is 2.00 e. The van der Waals surface area contributed by atoms with Gasteiger partial charge in [-0.25, -0.2) is 0 Å². The molecule has 1 saturated heterocycles. The third-order valence-electron chi connectivity index (χ3n) is 14.2. The Morgan fingerprint density at radius 1 is 0.831 bits per heavy atom. The number of esters is 2. The fraction of sp³-hybridized carbons (Fsp3) is 0.545. The zero-order chi connectivity index (χ0) is 46.4. The number of ketones is 1. The molecule has 0 saturated carbocycles. The zero-order valence-corrected chi connectivity index (χ0v) is 42.7. The Morgan fingerprint density at radius 3 is 2.12 bits per heavy atom. The summed E-state index contributed by atoms with van der Waals surface area (Å²) in [6.45, 7) is 26.0. The molecule has 0 spiro atoms. The molecule has 346 valence electrons. The van der Waals surface area contributed by atoms with E-state index in [1.807, 2.05) is 44.2 Å². The molecule has 10 heteroatoms. The van der Waals surface area contributed by atoms with Crippen LogP contribution in [0.25, 0.3) is 35.2 Å². The first-order valence-corrected chi connectivity index (χ1v) is 24.0. The Morgan fingerprint density at radius 2 is 1.48 bits per heavy atom. The molecular formula is C55H72MgN4O5-2. The molecule has 5 heterocycles. The van der Waals surface area contributed by atoms with Gasteiger partial charge in [-0.15, -0.1) is 33.5 Å². The van der Waals surface area contributed by atoms with Crippen LogP contribution in [0.4, 0.5) is 0 Å². The van der Waals surface area contributed by atoms with E-state index in [-0.39, 0.29) is 59.7 Å². The van der Waals surface area contributed by atoms with E-state index in [0.29, 0.717) is 46.1 Å². The van der Waals surface area contributed by atoms with E-state index in [4.69, 9.17) is 29.7 Å². The predicted octanol–water partition coefficient (Wildman–Crippen LogP) is 10.4. The first kappa shape index (κ1) is 51.7. The van der Waals surface area contributed by atoms with E-state index in [1.54, 1.807) is 0 Å². The second kappa shape index (κ2) is 22.9. The summed E-state index contributed by atoms with van der Waals surface area (Å²) in [5, 5.41) is 6.83. The summed E-state index contributed by atoms with van der Waals surface area (Å²) >= 11 is 0. The number of hydrogen-bond donors (Lipinski definition) is 0. The number of nitrogens with zero attached hydrogens (tertiary/aromatic N) is 4. The molecule has 9 nitrogen and oxygen atoms in total. The van der Waals surface area contributed by atoms with Crippen LogP contribution in [0.2, 0.25) is 0 Å². The predicted molar refractivity (Wildman–Crippen MR) is 265 cm³/mol. The molecule has 0 unspecified atom stereocenters. The van der Waals surface area contributed by atoms with Crippen molar-refractivity contribution >= 4 is 70.7 Å². The number of ether oxygens (including phenoxy) is 2. The van der Waals surface area contributed by atoms with Crippen molar-refractivity contribution in [1.29, 1.82) is 0 Å². The van der Waals surface area contributed by atoms with Gasteiger partial charge in [-0.1, -0.05) is 151 Å². The van der Waals surface area contributed by atoms with Crippen LogP contribution < -0.4 is 25.7 Å². The Hall–Kier alpha value is -4.28. The number of carbonyl (C=O) groups excluding carboxylic acids is 3. The van der Waals surface area contributed by atoms with Crippen molar-refractivity contribution in [3.8, 4) is 0 Å². The molecule has 0 radical (unpaired) electrons. The van der Waals surface area contributed by atoms with Crippen LogP contribution in [0.1, 0.15) is 180 Å². The first-order chi connectivity index (χ1) is 30.6. The van der Waals surface area contributed by atoms with E-state index in [9.17, 15) is 14.4 Å². The smallest absolute Gasteiger partial charge is 0.664 e. The van der Waals surface area contributed by atoms with Gasteiger partial charge in [-0.05, 0) is 94.6 Å². The van der Waals surface area contributed by atoms with Gasteiger partial charge < -0.3 is 29.7 Å². The average molecular weight is 894 g/mol. The van der Waals surface area contributed by atoms with Gasteiger partial charge in [-0.3, -0.25) is 14.4 Å². The van der Waals surface area contributed by atoms with Crippen molar-refractivity contribution in [2.75, 3.05) is 13.7 Å². The topological polar surface area (TPSA) is 126 Å². The maximum absolute atomic E-state index is 14.4. The Bertz CT molecular complexity index is 2450. The molecule has 0 amide bonds. The molecule has 2 aliphatic heterocycles. The third-order valence-corrected chi connectivity index (χ3v) is 14.2. The number of methoxy groups -OCH3 is 1. The van der Waals surface area contributed by atoms with E-state index in [2.05, 4.69) is 62.0 Å². The maximum Gasteiger partial charge on any atom is 2.00 e.